The topological polar surface area (TPSA) is 88.1 Å². The number of esters is 2. The third-order valence-corrected chi connectivity index (χ3v) is 2.35. The number of carbonyl (C=O) groups excluding carboxylic acids is 3. The molecule has 0 aliphatic rings. The highest BCUT2D eigenvalue weighted by Gasteiger charge is 2.24. The van der Waals surface area contributed by atoms with Gasteiger partial charge in [0.15, 0.2) is 6.10 Å². The Kier molecular flexibility index (Phi) is 8.37. The molecule has 0 aliphatic heterocycles. The molecule has 0 fully saturated rings. The van der Waals surface area contributed by atoms with Gasteiger partial charge in [-0.3, -0.25) is 9.59 Å². The first-order chi connectivity index (χ1) is 9.64. The van der Waals surface area contributed by atoms with Crippen molar-refractivity contribution in [3.63, 3.8) is 0 Å². The Bertz CT molecular complexity index is 362. The van der Waals surface area contributed by atoms with Gasteiger partial charge in [0.05, 0.1) is 28.3 Å². The van der Waals surface area contributed by atoms with Crippen molar-refractivity contribution >= 4 is 18.1 Å². The first kappa shape index (κ1) is 19.2. The van der Waals surface area contributed by atoms with E-state index in [9.17, 15) is 14.4 Å². The molecule has 0 N–H and O–H groups in total. The number of hydrogen-bond acceptors (Lipinski definition) is 7. The average molecular weight is 306 g/mol. The number of carbonyl (C=O) groups is 3. The molecule has 21 heavy (non-hydrogen) atoms. The molecule has 0 spiro atoms. The lowest BCUT2D eigenvalue weighted by molar-refractivity contribution is -0.873. The van der Waals surface area contributed by atoms with Gasteiger partial charge < -0.3 is 23.4 Å². The number of rotatable bonds is 8. The summed E-state index contributed by atoms with van der Waals surface area (Å²) in [6, 6.07) is 0. The Hall–Kier alpha value is -1.83. The van der Waals surface area contributed by atoms with Crippen molar-refractivity contribution < 1.29 is 37.8 Å². The van der Waals surface area contributed by atoms with Crippen LogP contribution in [0.1, 0.15) is 19.8 Å². The molecule has 0 rings (SSSR count). The van der Waals surface area contributed by atoms with E-state index in [2.05, 4.69) is 14.2 Å². The van der Waals surface area contributed by atoms with Gasteiger partial charge in [0.25, 0.3) is 0 Å². The van der Waals surface area contributed by atoms with Gasteiger partial charge in [0.2, 0.25) is 6.79 Å². The summed E-state index contributed by atoms with van der Waals surface area (Å²) in [6.45, 7) is 1.20. The van der Waals surface area contributed by atoms with Crippen LogP contribution in [0.5, 0.6) is 0 Å². The van der Waals surface area contributed by atoms with E-state index in [1.54, 1.807) is 0 Å². The maximum atomic E-state index is 11.5. The summed E-state index contributed by atoms with van der Waals surface area (Å²) in [5, 5.41) is 0. The molecule has 122 valence electrons. The van der Waals surface area contributed by atoms with E-state index in [-0.39, 0.29) is 12.4 Å². The quantitative estimate of drug-likeness (QED) is 0.282. The van der Waals surface area contributed by atoms with E-state index in [1.165, 1.54) is 14.0 Å². The fraction of sp³-hybridized carbons (Fsp3) is 0.769. The van der Waals surface area contributed by atoms with Crippen molar-refractivity contribution in [2.45, 2.75) is 25.9 Å². The number of nitrogens with zero attached hydrogens (tertiary/aromatic N) is 1. The minimum atomic E-state index is -0.945. The van der Waals surface area contributed by atoms with Crippen LogP contribution in [-0.2, 0) is 28.5 Å². The Labute approximate surface area is 124 Å². The van der Waals surface area contributed by atoms with Crippen LogP contribution in [0.3, 0.4) is 0 Å². The van der Waals surface area contributed by atoms with Gasteiger partial charge in [-0.05, 0) is 0 Å². The van der Waals surface area contributed by atoms with Gasteiger partial charge in [-0.25, -0.2) is 4.79 Å². The molecule has 0 saturated heterocycles. The molecule has 0 amide bonds. The van der Waals surface area contributed by atoms with Gasteiger partial charge in [-0.2, -0.15) is 0 Å². The molecule has 1 unspecified atom stereocenters. The second-order valence-electron chi connectivity index (χ2n) is 5.48. The summed E-state index contributed by atoms with van der Waals surface area (Å²) in [5.74, 6) is -0.935. The summed E-state index contributed by atoms with van der Waals surface area (Å²) in [6.07, 6.45) is -0.989. The van der Waals surface area contributed by atoms with Crippen LogP contribution >= 0.6 is 0 Å². The Morgan fingerprint density at radius 3 is 2.19 bits per heavy atom. The van der Waals surface area contributed by atoms with E-state index in [0.717, 1.165) is 0 Å². The summed E-state index contributed by atoms with van der Waals surface area (Å²) in [4.78, 5) is 33.2. The largest absolute Gasteiger partial charge is 0.511 e. The zero-order chi connectivity index (χ0) is 16.5. The molecule has 0 aromatic carbocycles. The molecule has 0 bridgehead atoms. The summed E-state index contributed by atoms with van der Waals surface area (Å²) in [5.41, 5.74) is 0. The van der Waals surface area contributed by atoms with Crippen molar-refractivity contribution in [3.05, 3.63) is 0 Å². The van der Waals surface area contributed by atoms with Gasteiger partial charge in [-0.15, -0.1) is 0 Å². The third kappa shape index (κ3) is 11.7. The molecule has 1 atom stereocenters. The molecule has 0 radical (unpaired) electrons. The van der Waals surface area contributed by atoms with Gasteiger partial charge in [0, 0.05) is 19.8 Å². The Morgan fingerprint density at radius 1 is 1.10 bits per heavy atom. The van der Waals surface area contributed by atoms with E-state index < -0.39 is 25.0 Å². The predicted octanol–water partition coefficient (Wildman–Crippen LogP) is 0.688. The van der Waals surface area contributed by atoms with E-state index in [0.29, 0.717) is 17.4 Å². The van der Waals surface area contributed by atoms with Crippen LogP contribution in [-0.4, -0.2) is 70.3 Å². The lowest BCUT2D eigenvalue weighted by Crippen LogP contribution is -2.43. The van der Waals surface area contributed by atoms with Crippen LogP contribution in [0.2, 0.25) is 0 Å². The monoisotopic (exact) mass is 306 g/mol. The summed E-state index contributed by atoms with van der Waals surface area (Å²) >= 11 is 0. The molecule has 0 aromatic heterocycles. The van der Waals surface area contributed by atoms with Crippen LogP contribution in [0.25, 0.3) is 0 Å². The van der Waals surface area contributed by atoms with Gasteiger partial charge in [-0.1, -0.05) is 0 Å². The Morgan fingerprint density at radius 2 is 1.71 bits per heavy atom. The molecular weight excluding hydrogens is 282 g/mol. The second-order valence-corrected chi connectivity index (χ2v) is 5.48. The van der Waals surface area contributed by atoms with Crippen LogP contribution in [0.4, 0.5) is 4.79 Å². The second kappa shape index (κ2) is 9.17. The average Bonchev–Trinajstić information content (AvgIpc) is 2.33. The third-order valence-electron chi connectivity index (χ3n) is 2.35. The maximum Gasteiger partial charge on any atom is 0.511 e. The minimum Gasteiger partial charge on any atom is -0.469 e. The summed E-state index contributed by atoms with van der Waals surface area (Å²) in [7, 11) is 7.08. The first-order valence-electron chi connectivity index (χ1n) is 6.48. The lowest BCUT2D eigenvalue weighted by atomic mass is 10.2. The first-order valence-corrected chi connectivity index (χ1v) is 6.48. The number of ether oxygens (including phenoxy) is 4. The highest BCUT2D eigenvalue weighted by Crippen LogP contribution is 2.09. The zero-order valence-corrected chi connectivity index (χ0v) is 13.2. The normalized spacial score (nSPS) is 12.2. The van der Waals surface area contributed by atoms with Crippen LogP contribution in [0, 0.1) is 0 Å². The van der Waals surface area contributed by atoms with Crippen molar-refractivity contribution in [3.8, 4) is 0 Å². The molecule has 8 nitrogen and oxygen atoms in total. The van der Waals surface area contributed by atoms with E-state index in [4.69, 9.17) is 4.74 Å². The number of quaternary nitrogens is 1. The van der Waals surface area contributed by atoms with Crippen LogP contribution < -0.4 is 0 Å². The molecule has 0 aromatic rings. The van der Waals surface area contributed by atoms with Gasteiger partial charge >= 0.3 is 18.1 Å². The molecule has 0 aliphatic carbocycles. The Balaban J connectivity index is 4.34. The lowest BCUT2D eigenvalue weighted by Gasteiger charge is -2.28. The van der Waals surface area contributed by atoms with Crippen molar-refractivity contribution in [2.24, 2.45) is 0 Å². The molecule has 0 heterocycles. The molecule has 0 saturated carbocycles. The van der Waals surface area contributed by atoms with Gasteiger partial charge in [0.1, 0.15) is 6.54 Å². The van der Waals surface area contributed by atoms with Crippen molar-refractivity contribution in [2.75, 3.05) is 41.6 Å². The SMILES string of the molecule is COC(=O)CCC(C[N+](C)(C)C)OC(=O)OCOC(C)=O. The highest BCUT2D eigenvalue weighted by atomic mass is 16.8. The maximum absolute atomic E-state index is 11.5. The van der Waals surface area contributed by atoms with E-state index in [1.807, 2.05) is 21.1 Å². The number of methoxy groups -OCH3 is 1. The van der Waals surface area contributed by atoms with Crippen LogP contribution in [0.15, 0.2) is 0 Å². The zero-order valence-electron chi connectivity index (χ0n) is 13.2. The molecule has 8 heteroatoms. The van der Waals surface area contributed by atoms with E-state index >= 15 is 0 Å². The highest BCUT2D eigenvalue weighted by molar-refractivity contribution is 5.69. The van der Waals surface area contributed by atoms with Crippen molar-refractivity contribution in [1.82, 2.24) is 0 Å². The number of likely N-dealkylation sites (N-methyl/N-ethyl adjacent to an activating group) is 1. The molecular formula is C13H24NO7+. The minimum absolute atomic E-state index is 0.137. The standard InChI is InChI=1S/C13H24NO7/c1-10(15)19-9-20-13(17)21-11(8-14(2,3)4)6-7-12(16)18-5/h11H,6-9H2,1-5H3/q+1. The smallest absolute Gasteiger partial charge is 0.469 e. The number of hydrogen-bond donors (Lipinski definition) is 0. The fourth-order valence-electron chi connectivity index (χ4n) is 1.51. The fourth-order valence-corrected chi connectivity index (χ4v) is 1.51. The predicted molar refractivity (Wildman–Crippen MR) is 72.1 cm³/mol. The summed E-state index contributed by atoms with van der Waals surface area (Å²) < 4.78 is 19.3. The van der Waals surface area contributed by atoms with Crippen molar-refractivity contribution in [1.29, 1.82) is 0 Å².